The summed E-state index contributed by atoms with van der Waals surface area (Å²) in [7, 11) is 0. The number of carbonyl (C=O) groups is 1. The fourth-order valence-electron chi connectivity index (χ4n) is 1.18. The maximum Gasteiger partial charge on any atom is 0.247 e. The summed E-state index contributed by atoms with van der Waals surface area (Å²) in [6, 6.07) is -0.319. The van der Waals surface area contributed by atoms with Crippen LogP contribution in [0.3, 0.4) is 0 Å². The highest BCUT2D eigenvalue weighted by Crippen LogP contribution is 2.35. The first-order chi connectivity index (χ1) is 5.20. The maximum atomic E-state index is 11.0. The summed E-state index contributed by atoms with van der Waals surface area (Å²) < 4.78 is 0. The second-order valence-corrected chi connectivity index (χ2v) is 4.14. The molecule has 2 atom stereocenters. The summed E-state index contributed by atoms with van der Waals surface area (Å²) in [5.74, 6) is 0.740. The molecule has 0 spiro atoms. The van der Waals surface area contributed by atoms with Crippen LogP contribution in [0, 0.1) is 0 Å². The van der Waals surface area contributed by atoms with E-state index < -0.39 is 0 Å². The number of hydrogen-bond donors (Lipinski definition) is 1. The normalized spacial score (nSPS) is 36.0. The Morgan fingerprint density at radius 1 is 1.82 bits per heavy atom. The van der Waals surface area contributed by atoms with Crippen molar-refractivity contribution in [1.29, 1.82) is 0 Å². The highest BCUT2D eigenvalue weighted by molar-refractivity contribution is 8.00. The molecule has 2 heterocycles. The molecule has 0 aromatic heterocycles. The van der Waals surface area contributed by atoms with E-state index in [1.165, 1.54) is 0 Å². The molecule has 3 nitrogen and oxygen atoms in total. The van der Waals surface area contributed by atoms with Gasteiger partial charge in [-0.15, -0.1) is 11.8 Å². The van der Waals surface area contributed by atoms with E-state index in [1.807, 2.05) is 0 Å². The molecule has 0 unspecified atom stereocenters. The molecule has 11 heavy (non-hydrogen) atoms. The van der Waals surface area contributed by atoms with Crippen molar-refractivity contribution in [3.63, 3.8) is 0 Å². The van der Waals surface area contributed by atoms with Crippen LogP contribution in [0.15, 0.2) is 11.2 Å². The van der Waals surface area contributed by atoms with Crippen LogP contribution < -0.4 is 5.73 Å². The number of fused-ring (bicyclic) bond motifs is 1. The lowest BCUT2D eigenvalue weighted by Crippen LogP contribution is -2.65. The van der Waals surface area contributed by atoms with E-state index in [4.69, 9.17) is 17.3 Å². The number of hydrogen-bond acceptors (Lipinski definition) is 3. The SMILES string of the molecule is N[C@@H]1C(=O)N2C=C(Cl)CS[C@H]12. The van der Waals surface area contributed by atoms with E-state index in [0.717, 1.165) is 5.75 Å². The van der Waals surface area contributed by atoms with Gasteiger partial charge in [0.2, 0.25) is 5.91 Å². The van der Waals surface area contributed by atoms with E-state index >= 15 is 0 Å². The van der Waals surface area contributed by atoms with Crippen molar-refractivity contribution in [2.45, 2.75) is 11.4 Å². The average molecular weight is 191 g/mol. The molecular formula is C6H7ClN2OS. The van der Waals surface area contributed by atoms with Crippen molar-refractivity contribution < 1.29 is 4.79 Å². The minimum atomic E-state index is -0.319. The van der Waals surface area contributed by atoms with Gasteiger partial charge in [0, 0.05) is 17.0 Å². The molecule has 1 fully saturated rings. The number of β-lactam (4-membered cyclic amide) rings is 1. The first-order valence-corrected chi connectivity index (χ1v) is 4.68. The lowest BCUT2D eigenvalue weighted by atomic mass is 10.1. The molecule has 0 aromatic carbocycles. The zero-order chi connectivity index (χ0) is 8.01. The van der Waals surface area contributed by atoms with Gasteiger partial charge in [-0.1, -0.05) is 11.6 Å². The second-order valence-electron chi connectivity index (χ2n) is 2.55. The van der Waals surface area contributed by atoms with Crippen LogP contribution in [-0.2, 0) is 4.79 Å². The fraction of sp³-hybridized carbons (Fsp3) is 0.500. The summed E-state index contributed by atoms with van der Waals surface area (Å²) in [6.45, 7) is 0. The molecule has 1 saturated heterocycles. The Kier molecular flexibility index (Phi) is 1.63. The van der Waals surface area contributed by atoms with Crippen molar-refractivity contribution in [2.24, 2.45) is 5.73 Å². The molecular weight excluding hydrogens is 184 g/mol. The number of thioether (sulfide) groups is 1. The van der Waals surface area contributed by atoms with Crippen molar-refractivity contribution >= 4 is 29.3 Å². The number of nitrogens with zero attached hydrogens (tertiary/aromatic N) is 1. The lowest BCUT2D eigenvalue weighted by Gasteiger charge is -2.44. The monoisotopic (exact) mass is 190 g/mol. The number of carbonyl (C=O) groups excluding carboxylic acids is 1. The quantitative estimate of drug-likeness (QED) is 0.560. The van der Waals surface area contributed by atoms with Gasteiger partial charge in [0.25, 0.3) is 0 Å². The van der Waals surface area contributed by atoms with E-state index in [9.17, 15) is 4.79 Å². The topological polar surface area (TPSA) is 46.3 Å². The third-order valence-electron chi connectivity index (χ3n) is 1.79. The summed E-state index contributed by atoms with van der Waals surface area (Å²) in [5, 5.41) is 0.844. The van der Waals surface area contributed by atoms with Crippen molar-refractivity contribution in [3.8, 4) is 0 Å². The zero-order valence-electron chi connectivity index (χ0n) is 5.66. The van der Waals surface area contributed by atoms with Gasteiger partial charge in [-0.3, -0.25) is 4.79 Å². The highest BCUT2D eigenvalue weighted by atomic mass is 35.5. The van der Waals surface area contributed by atoms with Gasteiger partial charge in [-0.2, -0.15) is 0 Å². The minimum absolute atomic E-state index is 0.0275. The summed E-state index contributed by atoms with van der Waals surface area (Å²) in [4.78, 5) is 12.6. The standard InChI is InChI=1S/C6H7ClN2OS/c7-3-1-9-5(10)4(8)6(9)11-2-3/h1,4,6H,2,8H2/t4-,6-/m1/s1. The van der Waals surface area contributed by atoms with E-state index in [0.29, 0.717) is 5.03 Å². The Bertz CT molecular complexity index is 243. The maximum absolute atomic E-state index is 11.0. The highest BCUT2D eigenvalue weighted by Gasteiger charge is 2.45. The minimum Gasteiger partial charge on any atom is -0.317 e. The average Bonchev–Trinajstić information content (AvgIpc) is 2.03. The van der Waals surface area contributed by atoms with Gasteiger partial charge in [-0.25, -0.2) is 0 Å². The zero-order valence-corrected chi connectivity index (χ0v) is 7.23. The first kappa shape index (κ1) is 7.46. The Labute approximate surface area is 73.6 Å². The third-order valence-corrected chi connectivity index (χ3v) is 3.52. The largest absolute Gasteiger partial charge is 0.317 e. The molecule has 0 saturated carbocycles. The van der Waals surface area contributed by atoms with E-state index in [-0.39, 0.29) is 17.3 Å². The van der Waals surface area contributed by atoms with E-state index in [2.05, 4.69) is 0 Å². The molecule has 1 amide bonds. The van der Waals surface area contributed by atoms with Gasteiger partial charge >= 0.3 is 0 Å². The molecule has 2 rings (SSSR count). The molecule has 2 aliphatic rings. The Morgan fingerprint density at radius 2 is 2.55 bits per heavy atom. The van der Waals surface area contributed by atoms with Gasteiger partial charge < -0.3 is 10.6 Å². The van der Waals surface area contributed by atoms with Gasteiger partial charge in [0.1, 0.15) is 11.4 Å². The van der Waals surface area contributed by atoms with Crippen molar-refractivity contribution in [1.82, 2.24) is 4.90 Å². The smallest absolute Gasteiger partial charge is 0.247 e. The summed E-state index contributed by atoms with van der Waals surface area (Å²) in [6.07, 6.45) is 1.68. The van der Waals surface area contributed by atoms with Crippen LogP contribution >= 0.6 is 23.4 Å². The number of nitrogens with two attached hydrogens (primary N) is 1. The summed E-state index contributed by atoms with van der Waals surface area (Å²) in [5.41, 5.74) is 5.54. The van der Waals surface area contributed by atoms with Crippen LogP contribution in [0.5, 0.6) is 0 Å². The number of rotatable bonds is 0. The summed E-state index contributed by atoms with van der Waals surface area (Å²) >= 11 is 7.34. The molecule has 60 valence electrons. The predicted octanol–water partition coefficient (Wildman–Crippen LogP) is 0.309. The van der Waals surface area contributed by atoms with Crippen LogP contribution in [0.2, 0.25) is 0 Å². The van der Waals surface area contributed by atoms with Crippen LogP contribution in [-0.4, -0.2) is 28.0 Å². The molecule has 2 aliphatic heterocycles. The lowest BCUT2D eigenvalue weighted by molar-refractivity contribution is -0.140. The van der Waals surface area contributed by atoms with Gasteiger partial charge in [-0.05, 0) is 0 Å². The van der Waals surface area contributed by atoms with Crippen molar-refractivity contribution in [2.75, 3.05) is 5.75 Å². The molecule has 0 aromatic rings. The van der Waals surface area contributed by atoms with Gasteiger partial charge in [0.05, 0.1) is 0 Å². The molecule has 0 aliphatic carbocycles. The molecule has 5 heteroatoms. The van der Waals surface area contributed by atoms with Crippen LogP contribution in [0.25, 0.3) is 0 Å². The first-order valence-electron chi connectivity index (χ1n) is 3.26. The second kappa shape index (κ2) is 2.40. The third kappa shape index (κ3) is 0.972. The number of amides is 1. The molecule has 0 bridgehead atoms. The number of halogens is 1. The van der Waals surface area contributed by atoms with Crippen molar-refractivity contribution in [3.05, 3.63) is 11.2 Å². The van der Waals surface area contributed by atoms with E-state index in [1.54, 1.807) is 22.9 Å². The Hall–Kier alpha value is -0.190. The Morgan fingerprint density at radius 3 is 3.27 bits per heavy atom. The van der Waals surface area contributed by atoms with Gasteiger partial charge in [0.15, 0.2) is 0 Å². The predicted molar refractivity (Wildman–Crippen MR) is 45.0 cm³/mol. The fourth-order valence-corrected chi connectivity index (χ4v) is 2.53. The molecule has 0 radical (unpaired) electrons. The van der Waals surface area contributed by atoms with Crippen LogP contribution in [0.1, 0.15) is 0 Å². The molecule has 2 N–H and O–H groups in total. The Balaban J connectivity index is 2.20. The van der Waals surface area contributed by atoms with Crippen LogP contribution in [0.4, 0.5) is 0 Å².